The lowest BCUT2D eigenvalue weighted by Gasteiger charge is -2.60. The van der Waals surface area contributed by atoms with Crippen LogP contribution in [0.2, 0.25) is 0 Å². The highest BCUT2D eigenvalue weighted by Crippen LogP contribution is 2.66. The molecule has 4 rings (SSSR count). The van der Waals surface area contributed by atoms with Crippen molar-refractivity contribution in [2.75, 3.05) is 6.61 Å². The lowest BCUT2D eigenvalue weighted by Crippen LogP contribution is -2.55. The highest BCUT2D eigenvalue weighted by molar-refractivity contribution is 5.79. The van der Waals surface area contributed by atoms with Gasteiger partial charge in [0.1, 0.15) is 5.78 Å². The number of carbonyl (C=O) groups excluding carboxylic acids is 1. The van der Waals surface area contributed by atoms with Gasteiger partial charge in [0.05, 0.1) is 0 Å². The standard InChI is InChI=1S/C21H32O2/c1-14(23)17-8-9-18-16-7-6-15-5-3-4-11-21(15,13-22)19(16)10-12-20(17,18)2/h3,5,15-19,22H,4,6-13H2,1-2H3/t15-,16-,17+,18-,19-,20+,21+/m0/s1. The van der Waals surface area contributed by atoms with Crippen molar-refractivity contribution in [3.8, 4) is 0 Å². The van der Waals surface area contributed by atoms with Crippen LogP contribution >= 0.6 is 0 Å². The molecule has 0 amide bonds. The van der Waals surface area contributed by atoms with E-state index < -0.39 is 0 Å². The summed E-state index contributed by atoms with van der Waals surface area (Å²) in [5.74, 6) is 3.44. The van der Waals surface area contributed by atoms with Gasteiger partial charge < -0.3 is 5.11 Å². The molecule has 0 heterocycles. The zero-order valence-corrected chi connectivity index (χ0v) is 14.8. The highest BCUT2D eigenvalue weighted by Gasteiger charge is 2.61. The molecule has 128 valence electrons. The molecule has 7 atom stereocenters. The summed E-state index contributed by atoms with van der Waals surface area (Å²) in [5.41, 5.74) is 0.383. The third-order valence-electron chi connectivity index (χ3n) is 8.65. The van der Waals surface area contributed by atoms with Crippen LogP contribution < -0.4 is 0 Å². The fourth-order valence-electron chi connectivity index (χ4n) is 7.59. The Kier molecular flexibility index (Phi) is 3.75. The fourth-order valence-corrected chi connectivity index (χ4v) is 7.59. The first-order valence-corrected chi connectivity index (χ1v) is 9.81. The molecule has 0 bridgehead atoms. The van der Waals surface area contributed by atoms with Gasteiger partial charge in [0.15, 0.2) is 0 Å². The molecular formula is C21H32O2. The zero-order chi connectivity index (χ0) is 16.2. The van der Waals surface area contributed by atoms with Crippen LogP contribution in [0.5, 0.6) is 0 Å². The molecule has 1 N–H and O–H groups in total. The Hall–Kier alpha value is -0.630. The molecule has 0 radical (unpaired) electrons. The molecule has 0 unspecified atom stereocenters. The van der Waals surface area contributed by atoms with E-state index in [9.17, 15) is 9.90 Å². The summed E-state index contributed by atoms with van der Waals surface area (Å²) in [4.78, 5) is 12.2. The molecule has 0 aromatic heterocycles. The number of aliphatic hydroxyl groups is 1. The number of rotatable bonds is 2. The first-order chi connectivity index (χ1) is 11.0. The average molecular weight is 316 g/mol. The zero-order valence-electron chi connectivity index (χ0n) is 14.8. The Morgan fingerprint density at radius 3 is 2.70 bits per heavy atom. The first-order valence-electron chi connectivity index (χ1n) is 9.81. The SMILES string of the molecule is CC(=O)[C@H]1CC[C@H]2[C@@H]3CC[C@@H]4C=CCC[C@]4(CO)[C@H]3CC[C@]12C. The van der Waals surface area contributed by atoms with Gasteiger partial charge >= 0.3 is 0 Å². The summed E-state index contributed by atoms with van der Waals surface area (Å²) in [5, 5.41) is 10.4. The average Bonchev–Trinajstić information content (AvgIpc) is 2.91. The van der Waals surface area contributed by atoms with Crippen LogP contribution in [0.25, 0.3) is 0 Å². The predicted molar refractivity (Wildman–Crippen MR) is 91.8 cm³/mol. The lowest BCUT2D eigenvalue weighted by atomic mass is 9.45. The monoisotopic (exact) mass is 316 g/mol. The largest absolute Gasteiger partial charge is 0.396 e. The molecule has 4 aliphatic rings. The van der Waals surface area contributed by atoms with E-state index in [-0.39, 0.29) is 10.8 Å². The van der Waals surface area contributed by atoms with Crippen LogP contribution in [0.4, 0.5) is 0 Å². The number of hydrogen-bond donors (Lipinski definition) is 1. The van der Waals surface area contributed by atoms with Crippen molar-refractivity contribution in [1.29, 1.82) is 0 Å². The van der Waals surface area contributed by atoms with Gasteiger partial charge in [-0.15, -0.1) is 0 Å². The topological polar surface area (TPSA) is 37.3 Å². The molecule has 0 saturated heterocycles. The second-order valence-electron chi connectivity index (χ2n) is 9.20. The van der Waals surface area contributed by atoms with Crippen molar-refractivity contribution in [1.82, 2.24) is 0 Å². The first kappa shape index (κ1) is 15.9. The van der Waals surface area contributed by atoms with Crippen LogP contribution in [-0.2, 0) is 4.79 Å². The minimum absolute atomic E-state index is 0.146. The molecule has 0 aliphatic heterocycles. The maximum absolute atomic E-state index is 12.2. The van der Waals surface area contributed by atoms with E-state index in [0.29, 0.717) is 36.1 Å². The minimum atomic E-state index is 0.146. The number of allylic oxidation sites excluding steroid dienone is 2. The second-order valence-corrected chi connectivity index (χ2v) is 9.20. The number of aliphatic hydroxyl groups excluding tert-OH is 1. The van der Waals surface area contributed by atoms with Crippen LogP contribution in [0.1, 0.15) is 65.2 Å². The summed E-state index contributed by atoms with van der Waals surface area (Å²) in [6.45, 7) is 4.58. The van der Waals surface area contributed by atoms with Crippen molar-refractivity contribution in [2.24, 2.45) is 40.4 Å². The summed E-state index contributed by atoms with van der Waals surface area (Å²) in [6, 6.07) is 0. The summed E-state index contributed by atoms with van der Waals surface area (Å²) in [7, 11) is 0. The minimum Gasteiger partial charge on any atom is -0.396 e. The third kappa shape index (κ3) is 2.06. The second kappa shape index (κ2) is 5.44. The summed E-state index contributed by atoms with van der Waals surface area (Å²) >= 11 is 0. The molecule has 4 aliphatic carbocycles. The van der Waals surface area contributed by atoms with Gasteiger partial charge in [-0.1, -0.05) is 19.1 Å². The smallest absolute Gasteiger partial charge is 0.133 e. The molecule has 3 fully saturated rings. The quantitative estimate of drug-likeness (QED) is 0.768. The molecule has 3 saturated carbocycles. The third-order valence-corrected chi connectivity index (χ3v) is 8.65. The number of hydrogen-bond acceptors (Lipinski definition) is 2. The van der Waals surface area contributed by atoms with Crippen molar-refractivity contribution in [3.63, 3.8) is 0 Å². The van der Waals surface area contributed by atoms with Crippen LogP contribution in [0.3, 0.4) is 0 Å². The molecular weight excluding hydrogens is 284 g/mol. The number of fused-ring (bicyclic) bond motifs is 5. The normalized spacial score (nSPS) is 51.7. The van der Waals surface area contributed by atoms with Gasteiger partial charge in [-0.05, 0) is 87.4 Å². The van der Waals surface area contributed by atoms with Gasteiger partial charge in [0.2, 0.25) is 0 Å². The number of Topliss-reactive ketones (excluding diaryl/α,β-unsaturated/α-hetero) is 1. The summed E-state index contributed by atoms with van der Waals surface area (Å²) in [6.07, 6.45) is 14.4. The Balaban J connectivity index is 1.67. The Labute approximate surface area is 140 Å². The van der Waals surface area contributed by atoms with Crippen molar-refractivity contribution in [3.05, 3.63) is 12.2 Å². The lowest BCUT2D eigenvalue weighted by molar-refractivity contribution is -0.135. The maximum atomic E-state index is 12.2. The van der Waals surface area contributed by atoms with E-state index in [1.54, 1.807) is 0 Å². The maximum Gasteiger partial charge on any atom is 0.133 e. The molecule has 0 spiro atoms. The molecule has 0 aromatic rings. The number of carbonyl (C=O) groups is 1. The Bertz CT molecular complexity index is 524. The molecule has 23 heavy (non-hydrogen) atoms. The van der Waals surface area contributed by atoms with Crippen LogP contribution in [0, 0.1) is 40.4 Å². The van der Waals surface area contributed by atoms with E-state index in [1.807, 2.05) is 6.92 Å². The van der Waals surface area contributed by atoms with Gasteiger partial charge in [-0.25, -0.2) is 0 Å². The Morgan fingerprint density at radius 2 is 1.96 bits per heavy atom. The van der Waals surface area contributed by atoms with E-state index in [1.165, 1.54) is 38.5 Å². The van der Waals surface area contributed by atoms with Gasteiger partial charge in [-0.3, -0.25) is 4.79 Å². The van der Waals surface area contributed by atoms with Crippen LogP contribution in [0.15, 0.2) is 12.2 Å². The number of ketones is 1. The van der Waals surface area contributed by atoms with E-state index in [4.69, 9.17) is 0 Å². The van der Waals surface area contributed by atoms with E-state index >= 15 is 0 Å². The van der Waals surface area contributed by atoms with E-state index in [0.717, 1.165) is 18.8 Å². The van der Waals surface area contributed by atoms with E-state index in [2.05, 4.69) is 19.1 Å². The molecule has 2 nitrogen and oxygen atoms in total. The fraction of sp³-hybridized carbons (Fsp3) is 0.857. The highest BCUT2D eigenvalue weighted by atomic mass is 16.3. The molecule has 2 heteroatoms. The summed E-state index contributed by atoms with van der Waals surface area (Å²) < 4.78 is 0. The predicted octanol–water partition coefficient (Wildman–Crippen LogP) is 4.37. The van der Waals surface area contributed by atoms with Gasteiger partial charge in [0, 0.05) is 17.9 Å². The van der Waals surface area contributed by atoms with Crippen LogP contribution in [-0.4, -0.2) is 17.5 Å². The van der Waals surface area contributed by atoms with Crippen molar-refractivity contribution in [2.45, 2.75) is 65.2 Å². The van der Waals surface area contributed by atoms with Crippen molar-refractivity contribution < 1.29 is 9.90 Å². The Morgan fingerprint density at radius 1 is 1.13 bits per heavy atom. The van der Waals surface area contributed by atoms with Gasteiger partial charge in [0.25, 0.3) is 0 Å². The van der Waals surface area contributed by atoms with Crippen molar-refractivity contribution >= 4 is 5.78 Å². The molecule has 0 aromatic carbocycles. The van der Waals surface area contributed by atoms with Gasteiger partial charge in [-0.2, -0.15) is 0 Å².